The molecule has 1 aliphatic heterocycles. The molecule has 0 spiro atoms. The van der Waals surface area contributed by atoms with Crippen LogP contribution in [0.4, 0.5) is 5.82 Å². The van der Waals surface area contributed by atoms with Crippen LogP contribution in [0, 0.1) is 0 Å². The topological polar surface area (TPSA) is 33.2 Å². The quantitative estimate of drug-likeness (QED) is 0.485. The fourth-order valence-corrected chi connectivity index (χ4v) is 1.69. The summed E-state index contributed by atoms with van der Waals surface area (Å²) in [6, 6.07) is 2.10. The lowest BCUT2D eigenvalue weighted by Gasteiger charge is -2.12. The smallest absolute Gasteiger partial charge is 0.225 e. The van der Waals surface area contributed by atoms with Gasteiger partial charge in [0.1, 0.15) is 13.7 Å². The summed E-state index contributed by atoms with van der Waals surface area (Å²) in [7, 11) is 2.02. The van der Waals surface area contributed by atoms with E-state index in [0.29, 0.717) is 0 Å². The Labute approximate surface area is 78.2 Å². The maximum absolute atomic E-state index is 11.2. The maximum atomic E-state index is 11.2. The Morgan fingerprint density at radius 2 is 2.46 bits per heavy atom. The van der Waals surface area contributed by atoms with Gasteiger partial charge < -0.3 is 0 Å². The average molecular weight is 174 g/mol. The number of amides is 1. The van der Waals surface area contributed by atoms with Gasteiger partial charge in [-0.05, 0) is 12.0 Å². The van der Waals surface area contributed by atoms with Crippen molar-refractivity contribution in [1.29, 1.82) is 0 Å². The number of rotatable bonds is 0. The lowest BCUT2D eigenvalue weighted by atomic mass is 9.97. The Kier molecular flexibility index (Phi) is 1.83. The molecule has 0 fully saturated rings. The Balaban J connectivity index is 2.44. The number of hydrogen-bond donors (Lipinski definition) is 0. The van der Waals surface area contributed by atoms with E-state index in [-0.39, 0.29) is 5.91 Å². The van der Waals surface area contributed by atoms with Gasteiger partial charge in [-0.2, -0.15) is 0 Å². The predicted molar refractivity (Wildman–Crippen MR) is 54.1 cm³/mol. The summed E-state index contributed by atoms with van der Waals surface area (Å²) in [5, 5.41) is 0. The number of nitrogens with zero attached hydrogens (tertiary/aromatic N) is 2. The van der Waals surface area contributed by atoms with Gasteiger partial charge in [-0.3, -0.25) is 9.69 Å². The number of hydrogen-bond acceptors (Lipinski definition) is 2. The first-order chi connectivity index (χ1) is 6.18. The van der Waals surface area contributed by atoms with Crippen molar-refractivity contribution >= 4 is 25.0 Å². The summed E-state index contributed by atoms with van der Waals surface area (Å²) >= 11 is 0. The zero-order valence-electron chi connectivity index (χ0n) is 7.87. The van der Waals surface area contributed by atoms with Crippen molar-refractivity contribution in [2.24, 2.45) is 0 Å². The summed E-state index contributed by atoms with van der Waals surface area (Å²) in [5.41, 5.74) is 2.35. The highest BCUT2D eigenvalue weighted by Crippen LogP contribution is 2.23. The molecule has 0 atom stereocenters. The van der Waals surface area contributed by atoms with E-state index >= 15 is 0 Å². The number of carbonyl (C=O) groups is 1. The molecule has 0 saturated heterocycles. The van der Waals surface area contributed by atoms with E-state index in [1.807, 2.05) is 7.85 Å². The van der Waals surface area contributed by atoms with Gasteiger partial charge in [0.05, 0.1) is 0 Å². The minimum Gasteiger partial charge on any atom is -0.297 e. The second-order valence-electron chi connectivity index (χ2n) is 3.42. The summed E-state index contributed by atoms with van der Waals surface area (Å²) in [4.78, 5) is 17.2. The molecule has 13 heavy (non-hydrogen) atoms. The predicted octanol–water partition coefficient (Wildman–Crippen LogP) is -0.751. The molecule has 3 nitrogen and oxygen atoms in total. The van der Waals surface area contributed by atoms with Crippen molar-refractivity contribution in [2.45, 2.75) is 13.3 Å². The van der Waals surface area contributed by atoms with E-state index in [4.69, 9.17) is 0 Å². The Morgan fingerprint density at radius 1 is 1.69 bits per heavy atom. The van der Waals surface area contributed by atoms with E-state index < -0.39 is 0 Å². The number of aromatic nitrogens is 1. The summed E-state index contributed by atoms with van der Waals surface area (Å²) < 4.78 is 0. The molecular weight excluding hydrogens is 163 g/mol. The highest BCUT2D eigenvalue weighted by Gasteiger charge is 2.22. The number of carbonyl (C=O) groups excluding carboxylic acids is 1. The molecular formula is C9H11BN2O. The molecule has 2 rings (SSSR count). The first-order valence-corrected chi connectivity index (χ1v) is 4.42. The maximum Gasteiger partial charge on any atom is 0.225 e. The second-order valence-corrected chi connectivity index (χ2v) is 3.42. The molecule has 0 N–H and O–H groups in total. The highest BCUT2D eigenvalue weighted by atomic mass is 16.2. The first kappa shape index (κ1) is 8.29. The van der Waals surface area contributed by atoms with E-state index in [2.05, 4.69) is 11.1 Å². The molecule has 66 valence electrons. The fraction of sp³-hybridized carbons (Fsp3) is 0.333. The number of fused-ring (bicyclic) bond motifs is 1. The van der Waals surface area contributed by atoms with Crippen molar-refractivity contribution in [2.75, 3.05) is 11.4 Å². The number of pyridine rings is 1. The molecule has 0 bridgehead atoms. The van der Waals surface area contributed by atoms with Crippen molar-refractivity contribution in [1.82, 2.24) is 4.98 Å². The van der Waals surface area contributed by atoms with Gasteiger partial charge in [0.2, 0.25) is 5.91 Å². The minimum atomic E-state index is 0.0788. The van der Waals surface area contributed by atoms with Gasteiger partial charge in [-0.15, -0.1) is 0 Å². The van der Waals surface area contributed by atoms with Gasteiger partial charge in [-0.25, -0.2) is 4.98 Å². The zero-order valence-corrected chi connectivity index (χ0v) is 7.87. The standard InChI is InChI=1S/C9H11BN2O/c1-6(13)12-3-2-7-4-8(10)5-11-9(7)12/h4-5H,2-3,10H2,1H3. The van der Waals surface area contributed by atoms with Crippen molar-refractivity contribution in [3.8, 4) is 0 Å². The number of anilines is 1. The van der Waals surface area contributed by atoms with Gasteiger partial charge in [0.15, 0.2) is 0 Å². The van der Waals surface area contributed by atoms with Crippen LogP contribution in [0.5, 0.6) is 0 Å². The van der Waals surface area contributed by atoms with E-state index in [0.717, 1.165) is 24.2 Å². The van der Waals surface area contributed by atoms with Gasteiger partial charge in [0, 0.05) is 19.7 Å². The third kappa shape index (κ3) is 1.32. The van der Waals surface area contributed by atoms with Crippen LogP contribution in [0.3, 0.4) is 0 Å². The van der Waals surface area contributed by atoms with Crippen LogP contribution in [0.15, 0.2) is 12.3 Å². The molecule has 1 aromatic rings. The average Bonchev–Trinajstić information content (AvgIpc) is 2.46. The van der Waals surface area contributed by atoms with Crippen LogP contribution >= 0.6 is 0 Å². The Hall–Kier alpha value is -1.32. The monoisotopic (exact) mass is 174 g/mol. The largest absolute Gasteiger partial charge is 0.297 e. The lowest BCUT2D eigenvalue weighted by Crippen LogP contribution is -2.26. The third-order valence-electron chi connectivity index (χ3n) is 2.32. The summed E-state index contributed by atoms with van der Waals surface area (Å²) in [5.74, 6) is 0.924. The molecule has 1 amide bonds. The van der Waals surface area contributed by atoms with Crippen LogP contribution in [-0.2, 0) is 11.2 Å². The third-order valence-corrected chi connectivity index (χ3v) is 2.32. The normalized spacial score (nSPS) is 14.4. The summed E-state index contributed by atoms with van der Waals surface area (Å²) in [6.07, 6.45) is 2.74. The Morgan fingerprint density at radius 3 is 3.15 bits per heavy atom. The van der Waals surface area contributed by atoms with Crippen molar-refractivity contribution in [3.63, 3.8) is 0 Å². The van der Waals surface area contributed by atoms with Crippen LogP contribution in [-0.4, -0.2) is 25.3 Å². The van der Waals surface area contributed by atoms with Crippen LogP contribution in [0.2, 0.25) is 0 Å². The molecule has 0 unspecified atom stereocenters. The molecule has 4 heteroatoms. The Bertz CT molecular complexity index is 365. The summed E-state index contributed by atoms with van der Waals surface area (Å²) in [6.45, 7) is 2.36. The SMILES string of the molecule is Bc1cnc2c(c1)CCN2C(C)=O. The zero-order chi connectivity index (χ0) is 9.42. The fourth-order valence-electron chi connectivity index (χ4n) is 1.69. The minimum absolute atomic E-state index is 0.0788. The van der Waals surface area contributed by atoms with E-state index in [1.54, 1.807) is 18.0 Å². The molecule has 0 aliphatic carbocycles. The second kappa shape index (κ2) is 2.87. The highest BCUT2D eigenvalue weighted by molar-refractivity contribution is 6.32. The van der Waals surface area contributed by atoms with Crippen LogP contribution < -0.4 is 10.4 Å². The molecule has 0 saturated carbocycles. The van der Waals surface area contributed by atoms with Crippen molar-refractivity contribution in [3.05, 3.63) is 17.8 Å². The molecule has 0 radical (unpaired) electrons. The van der Waals surface area contributed by atoms with E-state index in [9.17, 15) is 4.79 Å². The first-order valence-electron chi connectivity index (χ1n) is 4.42. The molecule has 0 aromatic carbocycles. The molecule has 1 aromatic heterocycles. The van der Waals surface area contributed by atoms with Crippen molar-refractivity contribution < 1.29 is 4.79 Å². The molecule has 1 aliphatic rings. The van der Waals surface area contributed by atoms with Gasteiger partial charge in [-0.1, -0.05) is 11.5 Å². The van der Waals surface area contributed by atoms with Gasteiger partial charge >= 0.3 is 0 Å². The molecule has 2 heterocycles. The lowest BCUT2D eigenvalue weighted by molar-refractivity contribution is -0.116. The van der Waals surface area contributed by atoms with Gasteiger partial charge in [0.25, 0.3) is 0 Å². The van der Waals surface area contributed by atoms with Crippen LogP contribution in [0.1, 0.15) is 12.5 Å². The van der Waals surface area contributed by atoms with Crippen LogP contribution in [0.25, 0.3) is 0 Å². The van der Waals surface area contributed by atoms with E-state index in [1.165, 1.54) is 5.56 Å².